The zero-order chi connectivity index (χ0) is 18.0. The van der Waals surface area contributed by atoms with Gasteiger partial charge in [0.15, 0.2) is 0 Å². The first-order valence-electron chi connectivity index (χ1n) is 8.31. The number of nitrogens with two attached hydrogens (primary N) is 1. The van der Waals surface area contributed by atoms with Crippen molar-refractivity contribution in [2.75, 3.05) is 24.6 Å². The van der Waals surface area contributed by atoms with Crippen molar-refractivity contribution in [3.63, 3.8) is 0 Å². The number of aromatic nitrogens is 1. The third-order valence-corrected chi connectivity index (χ3v) is 5.00. The lowest BCUT2D eigenvalue weighted by molar-refractivity contribution is -0.122. The lowest BCUT2D eigenvalue weighted by atomic mass is 9.95. The highest BCUT2D eigenvalue weighted by Crippen LogP contribution is 2.34. The molecule has 25 heavy (non-hydrogen) atoms. The van der Waals surface area contributed by atoms with Gasteiger partial charge in [0.2, 0.25) is 5.91 Å². The zero-order valence-electron chi connectivity index (χ0n) is 14.0. The molecule has 1 amide bonds. The SMILES string of the molecule is CCOC(=O)c1cnc2ccc(Br)cc2c1N1CCC(C(N)=O)CC1. The number of carbonyl (C=O) groups is 2. The third kappa shape index (κ3) is 3.61. The Hall–Kier alpha value is -2.15. The molecule has 1 aliphatic rings. The predicted octanol–water partition coefficient (Wildman–Crippen LogP) is 2.88. The van der Waals surface area contributed by atoms with E-state index in [2.05, 4.69) is 25.8 Å². The highest BCUT2D eigenvalue weighted by Gasteiger charge is 2.27. The van der Waals surface area contributed by atoms with Gasteiger partial charge in [0.1, 0.15) is 5.56 Å². The number of piperidine rings is 1. The van der Waals surface area contributed by atoms with Crippen molar-refractivity contribution in [3.8, 4) is 0 Å². The standard InChI is InChI=1S/C18H20BrN3O3/c1-2-25-18(24)14-10-21-15-4-3-12(19)9-13(15)16(14)22-7-5-11(6-8-22)17(20)23/h3-4,9-11H,2,5-8H2,1H3,(H2,20,23). The summed E-state index contributed by atoms with van der Waals surface area (Å²) in [6.07, 6.45) is 2.93. The fraction of sp³-hybridized carbons (Fsp3) is 0.389. The van der Waals surface area contributed by atoms with E-state index >= 15 is 0 Å². The molecule has 7 heteroatoms. The molecule has 0 bridgehead atoms. The molecular formula is C18H20BrN3O3. The molecule has 1 saturated heterocycles. The average molecular weight is 406 g/mol. The number of carbonyl (C=O) groups excluding carboxylic acids is 2. The number of nitrogens with zero attached hydrogens (tertiary/aromatic N) is 2. The van der Waals surface area contributed by atoms with Crippen molar-refractivity contribution in [1.82, 2.24) is 4.98 Å². The summed E-state index contributed by atoms with van der Waals surface area (Å²) >= 11 is 3.49. The van der Waals surface area contributed by atoms with Crippen LogP contribution in [-0.2, 0) is 9.53 Å². The van der Waals surface area contributed by atoms with E-state index in [1.54, 1.807) is 13.1 Å². The van der Waals surface area contributed by atoms with Crippen LogP contribution in [0.25, 0.3) is 10.9 Å². The molecular weight excluding hydrogens is 386 g/mol. The number of anilines is 1. The normalized spacial score (nSPS) is 15.4. The zero-order valence-corrected chi connectivity index (χ0v) is 15.6. The van der Waals surface area contributed by atoms with E-state index in [1.165, 1.54) is 0 Å². The molecule has 0 spiro atoms. The Morgan fingerprint density at radius 1 is 1.36 bits per heavy atom. The largest absolute Gasteiger partial charge is 0.462 e. The number of pyridine rings is 1. The Morgan fingerprint density at radius 3 is 2.72 bits per heavy atom. The van der Waals surface area contributed by atoms with Gasteiger partial charge in [-0.25, -0.2) is 4.79 Å². The van der Waals surface area contributed by atoms with Crippen molar-refractivity contribution in [3.05, 3.63) is 34.4 Å². The maximum Gasteiger partial charge on any atom is 0.341 e. The molecule has 0 unspecified atom stereocenters. The van der Waals surface area contributed by atoms with Crippen LogP contribution in [-0.4, -0.2) is 36.6 Å². The summed E-state index contributed by atoms with van der Waals surface area (Å²) in [5, 5.41) is 0.887. The first-order chi connectivity index (χ1) is 12.0. The first-order valence-corrected chi connectivity index (χ1v) is 9.10. The molecule has 2 aromatic rings. The van der Waals surface area contributed by atoms with E-state index in [-0.39, 0.29) is 17.8 Å². The highest BCUT2D eigenvalue weighted by atomic mass is 79.9. The minimum Gasteiger partial charge on any atom is -0.462 e. The summed E-state index contributed by atoms with van der Waals surface area (Å²) in [6.45, 7) is 3.40. The van der Waals surface area contributed by atoms with Gasteiger partial charge in [-0.15, -0.1) is 0 Å². The van der Waals surface area contributed by atoms with Crippen molar-refractivity contribution in [2.24, 2.45) is 11.7 Å². The van der Waals surface area contributed by atoms with Gasteiger partial charge >= 0.3 is 5.97 Å². The van der Waals surface area contributed by atoms with Crippen molar-refractivity contribution in [1.29, 1.82) is 0 Å². The van der Waals surface area contributed by atoms with Crippen molar-refractivity contribution in [2.45, 2.75) is 19.8 Å². The van der Waals surface area contributed by atoms with E-state index in [1.807, 2.05) is 18.2 Å². The van der Waals surface area contributed by atoms with Gasteiger partial charge in [-0.05, 0) is 38.0 Å². The van der Waals surface area contributed by atoms with Crippen LogP contribution >= 0.6 is 15.9 Å². The molecule has 1 aromatic carbocycles. The molecule has 1 aliphatic heterocycles. The second-order valence-electron chi connectivity index (χ2n) is 6.07. The summed E-state index contributed by atoms with van der Waals surface area (Å²) < 4.78 is 6.12. The number of fused-ring (bicyclic) bond motifs is 1. The third-order valence-electron chi connectivity index (χ3n) is 4.51. The Kier molecular flexibility index (Phi) is 5.22. The lowest BCUT2D eigenvalue weighted by Crippen LogP contribution is -2.39. The van der Waals surface area contributed by atoms with Crippen LogP contribution in [0.15, 0.2) is 28.9 Å². The number of benzene rings is 1. The highest BCUT2D eigenvalue weighted by molar-refractivity contribution is 9.10. The molecule has 2 heterocycles. The van der Waals surface area contributed by atoms with E-state index in [9.17, 15) is 9.59 Å². The monoisotopic (exact) mass is 405 g/mol. The van der Waals surface area contributed by atoms with E-state index in [0.29, 0.717) is 38.1 Å². The number of esters is 1. The van der Waals surface area contributed by atoms with Crippen LogP contribution in [0.4, 0.5) is 5.69 Å². The number of ether oxygens (including phenoxy) is 1. The molecule has 6 nitrogen and oxygen atoms in total. The van der Waals surface area contributed by atoms with E-state index in [4.69, 9.17) is 10.5 Å². The number of rotatable bonds is 4. The maximum atomic E-state index is 12.4. The number of halogens is 1. The van der Waals surface area contributed by atoms with Crippen molar-refractivity contribution < 1.29 is 14.3 Å². The lowest BCUT2D eigenvalue weighted by Gasteiger charge is -2.34. The van der Waals surface area contributed by atoms with Crippen LogP contribution < -0.4 is 10.6 Å². The van der Waals surface area contributed by atoms with Gasteiger partial charge in [0.05, 0.1) is 17.8 Å². The van der Waals surface area contributed by atoms with E-state index < -0.39 is 0 Å². The molecule has 2 N–H and O–H groups in total. The van der Waals surface area contributed by atoms with Gasteiger partial charge in [0.25, 0.3) is 0 Å². The smallest absolute Gasteiger partial charge is 0.341 e. The molecule has 3 rings (SSSR count). The average Bonchev–Trinajstić information content (AvgIpc) is 2.61. The number of amides is 1. The number of hydrogen-bond donors (Lipinski definition) is 1. The number of primary amides is 1. The molecule has 1 aromatic heterocycles. The summed E-state index contributed by atoms with van der Waals surface area (Å²) in [7, 11) is 0. The maximum absolute atomic E-state index is 12.4. The summed E-state index contributed by atoms with van der Waals surface area (Å²) in [5.74, 6) is -0.751. The Bertz CT molecular complexity index is 817. The van der Waals surface area contributed by atoms with Gasteiger partial charge in [-0.3, -0.25) is 9.78 Å². The summed E-state index contributed by atoms with van der Waals surface area (Å²) in [6, 6.07) is 5.79. The van der Waals surface area contributed by atoms with E-state index in [0.717, 1.165) is 21.1 Å². The predicted molar refractivity (Wildman–Crippen MR) is 99.5 cm³/mol. The fourth-order valence-corrected chi connectivity index (χ4v) is 3.60. The fourth-order valence-electron chi connectivity index (χ4n) is 3.24. The minimum atomic E-state index is -0.385. The molecule has 0 atom stereocenters. The van der Waals surface area contributed by atoms with Crippen LogP contribution in [0.2, 0.25) is 0 Å². The molecule has 1 fully saturated rings. The minimum absolute atomic E-state index is 0.109. The molecule has 0 saturated carbocycles. The van der Waals surface area contributed by atoms with Gasteiger partial charge in [-0.2, -0.15) is 0 Å². The Balaban J connectivity index is 2.06. The molecule has 0 radical (unpaired) electrons. The van der Waals surface area contributed by atoms with Crippen LogP contribution in [0.5, 0.6) is 0 Å². The summed E-state index contributed by atoms with van der Waals surface area (Å²) in [4.78, 5) is 30.4. The van der Waals surface area contributed by atoms with Gasteiger partial charge in [-0.1, -0.05) is 15.9 Å². The Labute approximate surface area is 154 Å². The topological polar surface area (TPSA) is 85.5 Å². The van der Waals surface area contributed by atoms with Crippen LogP contribution in [0.1, 0.15) is 30.1 Å². The summed E-state index contributed by atoms with van der Waals surface area (Å²) in [5.41, 5.74) is 7.50. The quantitative estimate of drug-likeness (QED) is 0.790. The first kappa shape index (κ1) is 17.7. The second-order valence-corrected chi connectivity index (χ2v) is 6.98. The van der Waals surface area contributed by atoms with Crippen LogP contribution in [0.3, 0.4) is 0 Å². The van der Waals surface area contributed by atoms with Crippen LogP contribution in [0, 0.1) is 5.92 Å². The van der Waals surface area contributed by atoms with Gasteiger partial charge < -0.3 is 15.4 Å². The van der Waals surface area contributed by atoms with Gasteiger partial charge in [0, 0.05) is 35.1 Å². The molecule has 0 aliphatic carbocycles. The Morgan fingerprint density at radius 2 is 2.08 bits per heavy atom. The molecule has 132 valence electrons. The number of hydrogen-bond acceptors (Lipinski definition) is 5. The second kappa shape index (κ2) is 7.39. The van der Waals surface area contributed by atoms with Crippen molar-refractivity contribution >= 4 is 44.4 Å².